The van der Waals surface area contributed by atoms with Crippen molar-refractivity contribution >= 4 is 0 Å². The molecule has 0 spiro atoms. The van der Waals surface area contributed by atoms with Gasteiger partial charge in [-0.3, -0.25) is 4.98 Å². The second-order valence-corrected chi connectivity index (χ2v) is 4.14. The van der Waals surface area contributed by atoms with Crippen LogP contribution in [-0.4, -0.2) is 20.1 Å². The van der Waals surface area contributed by atoms with Gasteiger partial charge in [0.25, 0.3) is 5.89 Å². The minimum Gasteiger partial charge on any atom is -0.332 e. The van der Waals surface area contributed by atoms with Gasteiger partial charge in [-0.15, -0.1) is 0 Å². The number of aryl methyl sites for hydroxylation is 1. The Kier molecular flexibility index (Phi) is 2.94. The van der Waals surface area contributed by atoms with Gasteiger partial charge in [-0.2, -0.15) is 10.2 Å². The third-order valence-corrected chi connectivity index (χ3v) is 2.76. The van der Waals surface area contributed by atoms with Gasteiger partial charge in [0.05, 0.1) is 5.56 Å². The summed E-state index contributed by atoms with van der Waals surface area (Å²) in [4.78, 5) is 12.6. The highest BCUT2D eigenvalue weighted by molar-refractivity contribution is 5.57. The summed E-state index contributed by atoms with van der Waals surface area (Å²) in [5, 5.41) is 12.6. The number of nitriles is 1. The molecular weight excluding hydrogens is 254 g/mol. The second-order valence-electron chi connectivity index (χ2n) is 4.14. The highest BCUT2D eigenvalue weighted by Crippen LogP contribution is 2.21. The monoisotopic (exact) mass is 263 g/mol. The lowest BCUT2D eigenvalue weighted by molar-refractivity contribution is 0.430. The van der Waals surface area contributed by atoms with Gasteiger partial charge in [0.15, 0.2) is 0 Å². The van der Waals surface area contributed by atoms with Gasteiger partial charge in [0.2, 0.25) is 5.82 Å². The molecule has 3 heterocycles. The lowest BCUT2D eigenvalue weighted by Crippen LogP contribution is -1.89. The summed E-state index contributed by atoms with van der Waals surface area (Å²) >= 11 is 0. The molecule has 0 aliphatic rings. The van der Waals surface area contributed by atoms with Crippen molar-refractivity contribution in [3.63, 3.8) is 0 Å². The van der Waals surface area contributed by atoms with Gasteiger partial charge >= 0.3 is 0 Å². The molecule has 0 saturated heterocycles. The van der Waals surface area contributed by atoms with Crippen molar-refractivity contribution in [2.75, 3.05) is 0 Å². The molecular formula is C14H9N5O. The molecule has 20 heavy (non-hydrogen) atoms. The Morgan fingerprint density at radius 1 is 1.20 bits per heavy atom. The smallest absolute Gasteiger partial charge is 0.276 e. The summed E-state index contributed by atoms with van der Waals surface area (Å²) in [5.41, 5.74) is 2.65. The van der Waals surface area contributed by atoms with Crippen LogP contribution in [0.3, 0.4) is 0 Å². The van der Waals surface area contributed by atoms with Gasteiger partial charge < -0.3 is 4.52 Å². The molecule has 3 rings (SSSR count). The molecule has 0 aliphatic heterocycles. The third-order valence-electron chi connectivity index (χ3n) is 2.76. The fourth-order valence-electron chi connectivity index (χ4n) is 1.73. The Bertz CT molecular complexity index is 786. The van der Waals surface area contributed by atoms with Crippen LogP contribution in [0.25, 0.3) is 23.1 Å². The summed E-state index contributed by atoms with van der Waals surface area (Å²) in [6.07, 6.45) is 3.14. The van der Waals surface area contributed by atoms with Crippen LogP contribution in [0.15, 0.2) is 41.2 Å². The van der Waals surface area contributed by atoms with Gasteiger partial charge in [0.1, 0.15) is 17.5 Å². The molecule has 6 nitrogen and oxygen atoms in total. The first kappa shape index (κ1) is 12.0. The summed E-state index contributed by atoms with van der Waals surface area (Å²) in [6, 6.07) is 9.10. The molecule has 3 aromatic heterocycles. The van der Waals surface area contributed by atoms with Crippen molar-refractivity contribution < 1.29 is 4.52 Å². The quantitative estimate of drug-likeness (QED) is 0.705. The van der Waals surface area contributed by atoms with E-state index in [0.717, 1.165) is 5.56 Å². The lowest BCUT2D eigenvalue weighted by atomic mass is 10.2. The van der Waals surface area contributed by atoms with Crippen LogP contribution in [0, 0.1) is 18.3 Å². The van der Waals surface area contributed by atoms with E-state index in [2.05, 4.69) is 20.1 Å². The SMILES string of the molecule is Cc1cccnc1-c1noc(-c2ccc(C#N)cn2)n1. The highest BCUT2D eigenvalue weighted by Gasteiger charge is 2.13. The van der Waals surface area contributed by atoms with Crippen molar-refractivity contribution in [1.29, 1.82) is 5.26 Å². The minimum absolute atomic E-state index is 0.301. The topological polar surface area (TPSA) is 88.5 Å². The van der Waals surface area contributed by atoms with Gasteiger partial charge in [0, 0.05) is 12.4 Å². The summed E-state index contributed by atoms with van der Waals surface area (Å²) in [6.45, 7) is 1.93. The summed E-state index contributed by atoms with van der Waals surface area (Å²) in [7, 11) is 0. The molecule has 0 N–H and O–H groups in total. The Morgan fingerprint density at radius 2 is 2.10 bits per heavy atom. The van der Waals surface area contributed by atoms with E-state index in [0.29, 0.717) is 28.7 Å². The fraction of sp³-hybridized carbons (Fsp3) is 0.0714. The summed E-state index contributed by atoms with van der Waals surface area (Å²) < 4.78 is 5.19. The van der Waals surface area contributed by atoms with Crippen molar-refractivity contribution in [1.82, 2.24) is 20.1 Å². The lowest BCUT2D eigenvalue weighted by Gasteiger charge is -1.96. The molecule has 6 heteroatoms. The van der Waals surface area contributed by atoms with Crippen LogP contribution in [0.1, 0.15) is 11.1 Å². The van der Waals surface area contributed by atoms with Crippen LogP contribution >= 0.6 is 0 Å². The van der Waals surface area contributed by atoms with E-state index in [1.807, 2.05) is 25.1 Å². The van der Waals surface area contributed by atoms with Crippen LogP contribution in [-0.2, 0) is 0 Å². The van der Waals surface area contributed by atoms with Gasteiger partial charge in [-0.25, -0.2) is 4.98 Å². The maximum absolute atomic E-state index is 8.73. The molecule has 0 saturated carbocycles. The Morgan fingerprint density at radius 3 is 2.80 bits per heavy atom. The van der Waals surface area contributed by atoms with Gasteiger partial charge in [-0.05, 0) is 30.7 Å². The molecule has 3 aromatic rings. The Labute approximate surface area is 114 Å². The molecule has 0 bridgehead atoms. The first-order valence-corrected chi connectivity index (χ1v) is 5.90. The Hall–Kier alpha value is -3.07. The first-order valence-electron chi connectivity index (χ1n) is 5.90. The van der Waals surface area contributed by atoms with E-state index in [1.165, 1.54) is 6.20 Å². The summed E-state index contributed by atoms with van der Waals surface area (Å²) in [5.74, 6) is 0.721. The normalized spacial score (nSPS) is 10.2. The zero-order valence-corrected chi connectivity index (χ0v) is 10.6. The van der Waals surface area contributed by atoms with E-state index in [1.54, 1.807) is 18.3 Å². The Balaban J connectivity index is 1.98. The fourth-order valence-corrected chi connectivity index (χ4v) is 1.73. The largest absolute Gasteiger partial charge is 0.332 e. The molecule has 0 aliphatic carbocycles. The van der Waals surface area contributed by atoms with Gasteiger partial charge in [-0.1, -0.05) is 11.2 Å². The second kappa shape index (κ2) is 4.90. The van der Waals surface area contributed by atoms with E-state index < -0.39 is 0 Å². The number of hydrogen-bond acceptors (Lipinski definition) is 6. The third kappa shape index (κ3) is 2.12. The van der Waals surface area contributed by atoms with E-state index in [4.69, 9.17) is 9.78 Å². The number of nitrogens with zero attached hydrogens (tertiary/aromatic N) is 5. The average Bonchev–Trinajstić information content (AvgIpc) is 2.97. The van der Waals surface area contributed by atoms with Crippen LogP contribution in [0.2, 0.25) is 0 Å². The molecule has 96 valence electrons. The van der Waals surface area contributed by atoms with Crippen LogP contribution in [0.5, 0.6) is 0 Å². The van der Waals surface area contributed by atoms with E-state index in [9.17, 15) is 0 Å². The maximum Gasteiger partial charge on any atom is 0.276 e. The predicted molar refractivity (Wildman–Crippen MR) is 70.2 cm³/mol. The first-order chi connectivity index (χ1) is 9.78. The zero-order valence-electron chi connectivity index (χ0n) is 10.6. The average molecular weight is 263 g/mol. The predicted octanol–water partition coefficient (Wildman–Crippen LogP) is 2.37. The zero-order chi connectivity index (χ0) is 13.9. The van der Waals surface area contributed by atoms with Crippen molar-refractivity contribution in [3.05, 3.63) is 47.8 Å². The number of pyridine rings is 2. The number of rotatable bonds is 2. The highest BCUT2D eigenvalue weighted by atomic mass is 16.5. The number of aromatic nitrogens is 4. The van der Waals surface area contributed by atoms with E-state index in [-0.39, 0.29) is 0 Å². The van der Waals surface area contributed by atoms with Crippen molar-refractivity contribution in [2.45, 2.75) is 6.92 Å². The standard InChI is InChI=1S/C14H9N5O/c1-9-3-2-6-16-12(9)13-18-14(20-19-13)11-5-4-10(7-15)8-17-11/h2-6,8H,1H3. The van der Waals surface area contributed by atoms with E-state index >= 15 is 0 Å². The van der Waals surface area contributed by atoms with Crippen molar-refractivity contribution in [3.8, 4) is 29.2 Å². The van der Waals surface area contributed by atoms with Crippen molar-refractivity contribution in [2.24, 2.45) is 0 Å². The minimum atomic E-state index is 0.301. The molecule has 0 radical (unpaired) electrons. The maximum atomic E-state index is 8.73. The molecule has 0 amide bonds. The molecule has 0 atom stereocenters. The van der Waals surface area contributed by atoms with Crippen LogP contribution in [0.4, 0.5) is 0 Å². The molecule has 0 fully saturated rings. The molecule has 0 aromatic carbocycles. The molecule has 0 unspecified atom stereocenters. The van der Waals surface area contributed by atoms with Crippen LogP contribution < -0.4 is 0 Å². The number of hydrogen-bond donors (Lipinski definition) is 0.